The number of nitrogens with two attached hydrogens (primary N) is 1. The summed E-state index contributed by atoms with van der Waals surface area (Å²) < 4.78 is 2.54. The van der Waals surface area contributed by atoms with E-state index in [1.807, 2.05) is 0 Å². The first-order valence-corrected chi connectivity index (χ1v) is 7.14. The molecule has 0 saturated heterocycles. The molecule has 2 nitrogen and oxygen atoms in total. The molecule has 17 heavy (non-hydrogen) atoms. The normalized spacial score (nSPS) is 20.4. The van der Waals surface area contributed by atoms with Gasteiger partial charge in [-0.05, 0) is 50.2 Å². The molecule has 1 aromatic heterocycles. The number of fused-ring (bicyclic) bond motifs is 1. The number of rotatable bonds is 4. The molecule has 0 aliphatic heterocycles. The van der Waals surface area contributed by atoms with Crippen LogP contribution in [-0.4, -0.2) is 4.57 Å². The van der Waals surface area contributed by atoms with Crippen molar-refractivity contribution in [1.29, 1.82) is 0 Å². The van der Waals surface area contributed by atoms with Crippen LogP contribution in [0.5, 0.6) is 0 Å². The molecule has 0 spiro atoms. The van der Waals surface area contributed by atoms with E-state index < -0.39 is 0 Å². The lowest BCUT2D eigenvalue weighted by molar-refractivity contribution is 0.242. The third-order valence-electron chi connectivity index (χ3n) is 4.84. The molecule has 0 aromatic carbocycles. The van der Waals surface area contributed by atoms with Crippen molar-refractivity contribution < 1.29 is 0 Å². The molecular weight excluding hydrogens is 208 g/mol. The standard InChI is InChI=1S/C15H26N2/c1-4-15(5-2,6-3)17-11-10-12-13(16)8-7-9-14(12)17/h10-11,13H,4-9,16H2,1-3H3. The van der Waals surface area contributed by atoms with Crippen LogP contribution in [0.4, 0.5) is 0 Å². The molecule has 96 valence electrons. The summed E-state index contributed by atoms with van der Waals surface area (Å²) in [6, 6.07) is 2.53. The first-order valence-electron chi connectivity index (χ1n) is 7.14. The van der Waals surface area contributed by atoms with Crippen LogP contribution >= 0.6 is 0 Å². The number of hydrogen-bond donors (Lipinski definition) is 1. The summed E-state index contributed by atoms with van der Waals surface area (Å²) in [7, 11) is 0. The second-order valence-electron chi connectivity index (χ2n) is 5.37. The monoisotopic (exact) mass is 234 g/mol. The fraction of sp³-hybridized carbons (Fsp3) is 0.733. The van der Waals surface area contributed by atoms with Crippen molar-refractivity contribution in [1.82, 2.24) is 4.57 Å². The van der Waals surface area contributed by atoms with Crippen LogP contribution in [-0.2, 0) is 12.0 Å². The van der Waals surface area contributed by atoms with Crippen molar-refractivity contribution in [3.05, 3.63) is 23.5 Å². The van der Waals surface area contributed by atoms with Crippen molar-refractivity contribution in [3.8, 4) is 0 Å². The van der Waals surface area contributed by atoms with Gasteiger partial charge in [0.15, 0.2) is 0 Å². The third-order valence-corrected chi connectivity index (χ3v) is 4.84. The van der Waals surface area contributed by atoms with Gasteiger partial charge in [0.1, 0.15) is 0 Å². The van der Waals surface area contributed by atoms with Crippen LogP contribution < -0.4 is 5.73 Å². The Hall–Kier alpha value is -0.760. The zero-order chi connectivity index (χ0) is 12.5. The molecule has 0 bridgehead atoms. The first kappa shape index (κ1) is 12.7. The van der Waals surface area contributed by atoms with Gasteiger partial charge in [-0.2, -0.15) is 0 Å². The molecule has 0 fully saturated rings. The third kappa shape index (κ3) is 1.93. The quantitative estimate of drug-likeness (QED) is 0.845. The lowest BCUT2D eigenvalue weighted by Gasteiger charge is -2.36. The van der Waals surface area contributed by atoms with Gasteiger partial charge in [0, 0.05) is 23.5 Å². The lowest BCUT2D eigenvalue weighted by Crippen LogP contribution is -2.33. The Morgan fingerprint density at radius 1 is 1.29 bits per heavy atom. The molecule has 1 heterocycles. The molecule has 1 atom stereocenters. The zero-order valence-corrected chi connectivity index (χ0v) is 11.5. The second-order valence-corrected chi connectivity index (χ2v) is 5.37. The maximum Gasteiger partial charge on any atom is 0.0434 e. The van der Waals surface area contributed by atoms with Gasteiger partial charge < -0.3 is 10.3 Å². The summed E-state index contributed by atoms with van der Waals surface area (Å²) >= 11 is 0. The topological polar surface area (TPSA) is 30.9 Å². The van der Waals surface area contributed by atoms with E-state index in [1.54, 1.807) is 0 Å². The van der Waals surface area contributed by atoms with E-state index in [0.717, 1.165) is 6.42 Å². The molecule has 1 aromatic rings. The molecule has 2 N–H and O–H groups in total. The van der Waals surface area contributed by atoms with Gasteiger partial charge in [0.25, 0.3) is 0 Å². The predicted molar refractivity (Wildman–Crippen MR) is 73.1 cm³/mol. The maximum atomic E-state index is 6.21. The minimum atomic E-state index is 0.267. The Kier molecular flexibility index (Phi) is 3.62. The van der Waals surface area contributed by atoms with Crippen LogP contribution in [0.25, 0.3) is 0 Å². The highest BCUT2D eigenvalue weighted by Crippen LogP contribution is 2.36. The highest BCUT2D eigenvalue weighted by Gasteiger charge is 2.30. The Balaban J connectivity index is 2.45. The molecule has 0 amide bonds. The summed E-state index contributed by atoms with van der Waals surface area (Å²) in [4.78, 5) is 0. The molecule has 2 rings (SSSR count). The Morgan fingerprint density at radius 3 is 2.53 bits per heavy atom. The second kappa shape index (κ2) is 4.85. The fourth-order valence-corrected chi connectivity index (χ4v) is 3.43. The molecule has 1 aliphatic carbocycles. The van der Waals surface area contributed by atoms with Gasteiger partial charge >= 0.3 is 0 Å². The zero-order valence-electron chi connectivity index (χ0n) is 11.5. The average Bonchev–Trinajstić information content (AvgIpc) is 2.79. The van der Waals surface area contributed by atoms with Gasteiger partial charge in [-0.25, -0.2) is 0 Å². The summed E-state index contributed by atoms with van der Waals surface area (Å²) in [5.41, 5.74) is 9.43. The van der Waals surface area contributed by atoms with Crippen molar-refractivity contribution in [2.24, 2.45) is 5.73 Å². The van der Waals surface area contributed by atoms with Crippen LogP contribution in [0.15, 0.2) is 12.3 Å². The van der Waals surface area contributed by atoms with Gasteiger partial charge in [-0.3, -0.25) is 0 Å². The summed E-state index contributed by atoms with van der Waals surface area (Å²) in [6.07, 6.45) is 9.49. The van der Waals surface area contributed by atoms with E-state index in [9.17, 15) is 0 Å². The maximum absolute atomic E-state index is 6.21. The van der Waals surface area contributed by atoms with Crippen molar-refractivity contribution in [2.45, 2.75) is 70.9 Å². The Bertz CT molecular complexity index is 366. The van der Waals surface area contributed by atoms with Crippen LogP contribution in [0, 0.1) is 0 Å². The smallest absolute Gasteiger partial charge is 0.0434 e. The highest BCUT2D eigenvalue weighted by molar-refractivity contribution is 5.29. The first-order chi connectivity index (χ1) is 8.18. The van der Waals surface area contributed by atoms with E-state index in [2.05, 4.69) is 37.6 Å². The van der Waals surface area contributed by atoms with Gasteiger partial charge in [0.05, 0.1) is 0 Å². The highest BCUT2D eigenvalue weighted by atomic mass is 15.1. The fourth-order valence-electron chi connectivity index (χ4n) is 3.43. The molecule has 2 heteroatoms. The number of hydrogen-bond acceptors (Lipinski definition) is 1. The lowest BCUT2D eigenvalue weighted by atomic mass is 9.87. The molecule has 1 unspecified atom stereocenters. The summed E-state index contributed by atoms with van der Waals surface area (Å²) in [5, 5.41) is 0. The van der Waals surface area contributed by atoms with E-state index in [0.29, 0.717) is 5.54 Å². The van der Waals surface area contributed by atoms with Crippen LogP contribution in [0.1, 0.15) is 70.2 Å². The molecule has 0 radical (unpaired) electrons. The Morgan fingerprint density at radius 2 is 1.94 bits per heavy atom. The average molecular weight is 234 g/mol. The van der Waals surface area contributed by atoms with E-state index in [4.69, 9.17) is 5.73 Å². The summed E-state index contributed by atoms with van der Waals surface area (Å²) in [5.74, 6) is 0. The van der Waals surface area contributed by atoms with Crippen molar-refractivity contribution in [2.75, 3.05) is 0 Å². The van der Waals surface area contributed by atoms with Crippen molar-refractivity contribution in [3.63, 3.8) is 0 Å². The summed E-state index contributed by atoms with van der Waals surface area (Å²) in [6.45, 7) is 6.92. The minimum Gasteiger partial charge on any atom is -0.345 e. The molecular formula is C15H26N2. The van der Waals surface area contributed by atoms with Gasteiger partial charge in [0.2, 0.25) is 0 Å². The van der Waals surface area contributed by atoms with Gasteiger partial charge in [-0.1, -0.05) is 20.8 Å². The number of aromatic nitrogens is 1. The molecule has 1 aliphatic rings. The van der Waals surface area contributed by atoms with Gasteiger partial charge in [-0.15, -0.1) is 0 Å². The number of nitrogens with zero attached hydrogens (tertiary/aromatic N) is 1. The van der Waals surface area contributed by atoms with E-state index in [-0.39, 0.29) is 6.04 Å². The predicted octanol–water partition coefficient (Wildman–Crippen LogP) is 3.75. The minimum absolute atomic E-state index is 0.267. The Labute approximate surface area is 105 Å². The SMILES string of the molecule is CCC(CC)(CC)n1ccc2c1CCCC2N. The molecule has 0 saturated carbocycles. The largest absolute Gasteiger partial charge is 0.345 e. The van der Waals surface area contributed by atoms with Crippen LogP contribution in [0.3, 0.4) is 0 Å². The van der Waals surface area contributed by atoms with E-state index >= 15 is 0 Å². The van der Waals surface area contributed by atoms with E-state index in [1.165, 1.54) is 43.4 Å². The van der Waals surface area contributed by atoms with Crippen LogP contribution in [0.2, 0.25) is 0 Å². The van der Waals surface area contributed by atoms with Crippen molar-refractivity contribution >= 4 is 0 Å².